The van der Waals surface area contributed by atoms with E-state index in [1.165, 1.54) is 29.1 Å². The third kappa shape index (κ3) is 5.76. The van der Waals surface area contributed by atoms with E-state index in [-0.39, 0.29) is 10.9 Å². The first-order valence-corrected chi connectivity index (χ1v) is 14.2. The zero-order chi connectivity index (χ0) is 26.7. The van der Waals surface area contributed by atoms with Gasteiger partial charge >= 0.3 is 5.76 Å². The highest BCUT2D eigenvalue weighted by Crippen LogP contribution is 2.32. The molecule has 8 nitrogen and oxygen atoms in total. The Bertz CT molecular complexity index is 1600. The van der Waals surface area contributed by atoms with Crippen LogP contribution in [-0.2, 0) is 21.4 Å². The lowest BCUT2D eigenvalue weighted by Gasteiger charge is -2.41. The number of aryl methyl sites for hydroxylation is 1. The third-order valence-corrected chi connectivity index (χ3v) is 8.90. The SMILES string of the molecule is Cc1ccc2c(c1)COCN2C1CCN(S(=O)(=O)c2cccc(Cl)c2)CC1.O=c1nc2ccccc2co1. The largest absolute Gasteiger partial charge is 0.439 e. The van der Waals surface area contributed by atoms with Crippen LogP contribution in [0, 0.1) is 6.92 Å². The van der Waals surface area contributed by atoms with Crippen molar-refractivity contribution in [2.75, 3.05) is 24.7 Å². The normalized spacial score (nSPS) is 16.5. The van der Waals surface area contributed by atoms with Gasteiger partial charge in [0, 0.05) is 40.8 Å². The molecule has 38 heavy (non-hydrogen) atoms. The second kappa shape index (κ2) is 11.2. The molecule has 0 saturated carbocycles. The number of ether oxygens (including phenoxy) is 1. The predicted octanol–water partition coefficient (Wildman–Crippen LogP) is 4.98. The van der Waals surface area contributed by atoms with Crippen molar-refractivity contribution in [3.8, 4) is 0 Å². The summed E-state index contributed by atoms with van der Waals surface area (Å²) in [5.41, 5.74) is 4.31. The van der Waals surface area contributed by atoms with Crippen LogP contribution in [0.4, 0.5) is 5.69 Å². The molecule has 0 aliphatic carbocycles. The molecule has 1 fully saturated rings. The number of hydrogen-bond acceptors (Lipinski definition) is 7. The van der Waals surface area contributed by atoms with E-state index >= 15 is 0 Å². The van der Waals surface area contributed by atoms with Gasteiger partial charge in [0.05, 0.1) is 17.0 Å². The van der Waals surface area contributed by atoms with Gasteiger partial charge in [-0.25, -0.2) is 13.2 Å². The molecule has 2 aliphatic rings. The number of sulfonamides is 1. The number of anilines is 1. The first kappa shape index (κ1) is 26.4. The van der Waals surface area contributed by atoms with Crippen LogP contribution in [0.5, 0.6) is 0 Å². The first-order chi connectivity index (χ1) is 18.3. The van der Waals surface area contributed by atoms with Crippen molar-refractivity contribution >= 4 is 38.2 Å². The van der Waals surface area contributed by atoms with Gasteiger partial charge in [-0.2, -0.15) is 9.29 Å². The summed E-state index contributed by atoms with van der Waals surface area (Å²) in [6.07, 6.45) is 2.96. The number of piperidine rings is 1. The van der Waals surface area contributed by atoms with Crippen molar-refractivity contribution in [3.63, 3.8) is 0 Å². The number of rotatable bonds is 3. The van der Waals surface area contributed by atoms with Crippen molar-refractivity contribution < 1.29 is 17.6 Å². The van der Waals surface area contributed by atoms with Crippen LogP contribution in [0.3, 0.4) is 0 Å². The average Bonchev–Trinajstić information content (AvgIpc) is 2.93. The van der Waals surface area contributed by atoms with Gasteiger partial charge in [0.15, 0.2) is 0 Å². The molecule has 1 saturated heterocycles. The van der Waals surface area contributed by atoms with Crippen molar-refractivity contribution in [1.82, 2.24) is 9.29 Å². The minimum Gasteiger partial charge on any atom is -0.416 e. The Morgan fingerprint density at radius 3 is 2.58 bits per heavy atom. The van der Waals surface area contributed by atoms with Gasteiger partial charge in [-0.1, -0.05) is 47.5 Å². The van der Waals surface area contributed by atoms with Crippen molar-refractivity contribution in [2.45, 2.75) is 37.3 Å². The Hall–Kier alpha value is -3.24. The van der Waals surface area contributed by atoms with E-state index in [2.05, 4.69) is 39.4 Å². The van der Waals surface area contributed by atoms with Crippen LogP contribution in [0.1, 0.15) is 24.0 Å². The lowest BCUT2D eigenvalue weighted by atomic mass is 10.0. The maximum atomic E-state index is 12.9. The molecule has 198 valence electrons. The van der Waals surface area contributed by atoms with Gasteiger partial charge in [0.1, 0.15) is 13.0 Å². The molecule has 4 aromatic rings. The summed E-state index contributed by atoms with van der Waals surface area (Å²) >= 11 is 5.97. The monoisotopic (exact) mass is 553 g/mol. The minimum absolute atomic E-state index is 0.260. The number of para-hydroxylation sites is 1. The van der Waals surface area contributed by atoms with Crippen LogP contribution < -0.4 is 10.7 Å². The fraction of sp³-hybridized carbons (Fsp3) is 0.286. The van der Waals surface area contributed by atoms with Crippen LogP contribution >= 0.6 is 11.6 Å². The summed E-state index contributed by atoms with van der Waals surface area (Å²) in [6.45, 7) is 4.27. The summed E-state index contributed by atoms with van der Waals surface area (Å²) in [5.74, 6) is -0.552. The molecule has 3 heterocycles. The zero-order valence-electron chi connectivity index (χ0n) is 20.9. The van der Waals surface area contributed by atoms with Crippen LogP contribution in [-0.4, -0.2) is 43.6 Å². The Morgan fingerprint density at radius 1 is 1.00 bits per heavy atom. The molecule has 6 rings (SSSR count). The molecule has 2 aliphatic heterocycles. The maximum Gasteiger partial charge on any atom is 0.439 e. The summed E-state index contributed by atoms with van der Waals surface area (Å²) in [5, 5.41) is 1.27. The highest BCUT2D eigenvalue weighted by molar-refractivity contribution is 7.89. The molecule has 0 unspecified atom stereocenters. The Labute approximate surface area is 226 Å². The molecule has 0 amide bonds. The maximum absolute atomic E-state index is 12.9. The highest BCUT2D eigenvalue weighted by atomic mass is 35.5. The molecule has 0 spiro atoms. The molecule has 0 N–H and O–H groups in total. The number of hydrogen-bond donors (Lipinski definition) is 0. The Balaban J connectivity index is 0.000000222. The molecular formula is C28H28ClN3O5S. The van der Waals surface area contributed by atoms with Crippen molar-refractivity contribution in [1.29, 1.82) is 0 Å². The fourth-order valence-electron chi connectivity index (χ4n) is 4.83. The molecule has 10 heteroatoms. The Morgan fingerprint density at radius 2 is 1.79 bits per heavy atom. The molecule has 0 radical (unpaired) electrons. The average molecular weight is 554 g/mol. The number of halogens is 1. The zero-order valence-corrected chi connectivity index (χ0v) is 22.5. The number of fused-ring (bicyclic) bond motifs is 2. The second-order valence-corrected chi connectivity index (χ2v) is 11.7. The molecule has 1 aromatic heterocycles. The standard InChI is InChI=1S/C20H23ClN2O3S.C8H5NO2/c1-15-5-6-20-16(11-15)13-26-14-23(20)18-7-9-22(10-8-18)27(24,25)19-4-2-3-17(21)12-19;10-8-9-7-4-2-1-3-6(7)5-11-8/h2-6,11-12,18H,7-10,13-14H2,1H3;1-5H. The molecule has 0 bridgehead atoms. The second-order valence-electron chi connectivity index (χ2n) is 9.34. The van der Waals surface area contributed by atoms with Gasteiger partial charge < -0.3 is 14.1 Å². The summed E-state index contributed by atoms with van der Waals surface area (Å²) in [6, 6.07) is 20.5. The number of benzene rings is 3. The quantitative estimate of drug-likeness (QED) is 0.353. The Kier molecular flexibility index (Phi) is 7.80. The third-order valence-electron chi connectivity index (χ3n) is 6.77. The summed E-state index contributed by atoms with van der Waals surface area (Å²) in [7, 11) is -3.51. The smallest absolute Gasteiger partial charge is 0.416 e. The van der Waals surface area contributed by atoms with Gasteiger partial charge in [0.2, 0.25) is 10.0 Å². The van der Waals surface area contributed by atoms with Crippen LogP contribution in [0.2, 0.25) is 5.02 Å². The number of aromatic nitrogens is 1. The van der Waals surface area contributed by atoms with Gasteiger partial charge in [0.25, 0.3) is 0 Å². The van der Waals surface area contributed by atoms with Gasteiger partial charge in [-0.3, -0.25) is 0 Å². The molecule has 0 atom stereocenters. The lowest BCUT2D eigenvalue weighted by Crippen LogP contribution is -2.48. The van der Waals surface area contributed by atoms with Crippen LogP contribution in [0.15, 0.2) is 87.1 Å². The highest BCUT2D eigenvalue weighted by Gasteiger charge is 2.33. The molecular weight excluding hydrogens is 526 g/mol. The van der Waals surface area contributed by atoms with E-state index < -0.39 is 15.8 Å². The topological polar surface area (TPSA) is 93.0 Å². The van der Waals surface area contributed by atoms with E-state index in [1.807, 2.05) is 18.2 Å². The van der Waals surface area contributed by atoms with E-state index in [1.54, 1.807) is 28.6 Å². The van der Waals surface area contributed by atoms with Crippen molar-refractivity contribution in [3.05, 3.63) is 99.7 Å². The van der Waals surface area contributed by atoms with E-state index in [4.69, 9.17) is 16.3 Å². The summed E-state index contributed by atoms with van der Waals surface area (Å²) in [4.78, 5) is 16.8. The van der Waals surface area contributed by atoms with E-state index in [0.717, 1.165) is 18.2 Å². The van der Waals surface area contributed by atoms with Gasteiger partial charge in [-0.05, 0) is 56.2 Å². The molecule has 3 aromatic carbocycles. The fourth-order valence-corrected chi connectivity index (χ4v) is 6.61. The predicted molar refractivity (Wildman–Crippen MR) is 147 cm³/mol. The van der Waals surface area contributed by atoms with Crippen molar-refractivity contribution in [2.24, 2.45) is 0 Å². The minimum atomic E-state index is -3.51. The van der Waals surface area contributed by atoms with Gasteiger partial charge in [-0.15, -0.1) is 0 Å². The first-order valence-electron chi connectivity index (χ1n) is 12.4. The summed E-state index contributed by atoms with van der Waals surface area (Å²) < 4.78 is 37.7. The van der Waals surface area contributed by atoms with E-state index in [9.17, 15) is 13.2 Å². The number of nitrogens with zero attached hydrogens (tertiary/aromatic N) is 3. The van der Waals surface area contributed by atoms with E-state index in [0.29, 0.717) is 37.0 Å². The lowest BCUT2D eigenvalue weighted by molar-refractivity contribution is 0.0987. The van der Waals surface area contributed by atoms with Crippen LogP contribution in [0.25, 0.3) is 10.9 Å².